The Balaban J connectivity index is 0.00000480. The Kier molecular flexibility index (Phi) is 16.0. The van der Waals surface area contributed by atoms with Crippen LogP contribution in [-0.2, 0) is 10.3 Å². The first-order valence-electron chi connectivity index (χ1n) is 12.1. The molecule has 2 rings (SSSR count). The summed E-state index contributed by atoms with van der Waals surface area (Å²) in [4.78, 5) is 0. The van der Waals surface area contributed by atoms with Gasteiger partial charge in [0.25, 0.3) is 0 Å². The van der Waals surface area contributed by atoms with E-state index < -0.39 is 16.5 Å². The van der Waals surface area contributed by atoms with Crippen molar-refractivity contribution in [3.05, 3.63) is 24.3 Å². The van der Waals surface area contributed by atoms with E-state index in [1.165, 1.54) is 83.5 Å². The standard InChI is InChI=1S/C24H42N2O3S.K/c1-2-3-4-5-6-7-8-9-10-11-12-13-14-15-16-21-24-25-22-19-17-18-20-23(22)26(24)30(27,28)29;/h17-20,24-25H,2-16,21H2,1H3,(H,27,28,29);/q;+1/p-1. The Labute approximate surface area is 233 Å². The molecule has 0 aliphatic carbocycles. The van der Waals surface area contributed by atoms with Crippen LogP contribution in [0, 0.1) is 0 Å². The number of benzene rings is 1. The fraction of sp³-hybridized carbons (Fsp3) is 0.750. The minimum absolute atomic E-state index is 0. The summed E-state index contributed by atoms with van der Waals surface area (Å²) >= 11 is 0. The zero-order valence-electron chi connectivity index (χ0n) is 19.8. The van der Waals surface area contributed by atoms with E-state index in [-0.39, 0.29) is 51.4 Å². The molecule has 0 radical (unpaired) electrons. The average molecular weight is 477 g/mol. The molecule has 0 aromatic heterocycles. The van der Waals surface area contributed by atoms with Gasteiger partial charge in [-0.25, -0.2) is 8.42 Å². The minimum Gasteiger partial charge on any atom is -0.731 e. The molecule has 31 heavy (non-hydrogen) atoms. The smallest absolute Gasteiger partial charge is 0.731 e. The molecule has 0 bridgehead atoms. The van der Waals surface area contributed by atoms with Crippen LogP contribution < -0.4 is 61.0 Å². The molecule has 1 aromatic rings. The van der Waals surface area contributed by atoms with Crippen molar-refractivity contribution in [1.82, 2.24) is 0 Å². The molecule has 0 saturated heterocycles. The summed E-state index contributed by atoms with van der Waals surface area (Å²) in [5, 5.41) is 3.19. The van der Waals surface area contributed by atoms with Crippen LogP contribution in [0.25, 0.3) is 0 Å². The molecule has 1 heterocycles. The third-order valence-corrected chi connectivity index (χ3v) is 7.00. The van der Waals surface area contributed by atoms with Crippen molar-refractivity contribution < 1.29 is 64.4 Å². The van der Waals surface area contributed by atoms with Crippen molar-refractivity contribution in [3.8, 4) is 0 Å². The third-order valence-electron chi connectivity index (χ3n) is 6.07. The van der Waals surface area contributed by atoms with Gasteiger partial charge in [0.05, 0.1) is 11.4 Å². The first-order chi connectivity index (χ1) is 14.5. The number of fused-ring (bicyclic) bond motifs is 1. The second kappa shape index (κ2) is 16.9. The van der Waals surface area contributed by atoms with Crippen LogP contribution >= 0.6 is 0 Å². The predicted molar refractivity (Wildman–Crippen MR) is 126 cm³/mol. The summed E-state index contributed by atoms with van der Waals surface area (Å²) in [6.07, 6.45) is 19.7. The number of para-hydroxylation sites is 2. The molecule has 0 fully saturated rings. The number of hydrogen-bond acceptors (Lipinski definition) is 4. The number of unbranched alkanes of at least 4 members (excludes halogenated alkanes) is 14. The van der Waals surface area contributed by atoms with Crippen LogP contribution in [-0.4, -0.2) is 19.1 Å². The van der Waals surface area contributed by atoms with Gasteiger partial charge in [-0.05, 0) is 25.0 Å². The van der Waals surface area contributed by atoms with E-state index >= 15 is 0 Å². The maximum Gasteiger partial charge on any atom is 1.00 e. The Morgan fingerprint density at radius 3 is 1.74 bits per heavy atom. The van der Waals surface area contributed by atoms with Gasteiger partial charge in [-0.3, -0.25) is 4.31 Å². The van der Waals surface area contributed by atoms with E-state index in [0.717, 1.165) is 22.8 Å². The molecule has 7 heteroatoms. The predicted octanol–water partition coefficient (Wildman–Crippen LogP) is 3.97. The first kappa shape index (κ1) is 29.4. The van der Waals surface area contributed by atoms with Gasteiger partial charge < -0.3 is 9.87 Å². The molecule has 0 amide bonds. The van der Waals surface area contributed by atoms with E-state index in [1.54, 1.807) is 12.1 Å². The van der Waals surface area contributed by atoms with Crippen molar-refractivity contribution in [1.29, 1.82) is 0 Å². The van der Waals surface area contributed by atoms with Crippen molar-refractivity contribution in [2.24, 2.45) is 0 Å². The minimum atomic E-state index is -4.51. The molecular formula is C24H41KN2O3S. The number of hydrogen-bond donors (Lipinski definition) is 1. The molecule has 1 unspecified atom stereocenters. The zero-order valence-corrected chi connectivity index (χ0v) is 23.7. The monoisotopic (exact) mass is 476 g/mol. The maximum atomic E-state index is 11.7. The van der Waals surface area contributed by atoms with Gasteiger partial charge in [0.1, 0.15) is 6.17 Å². The van der Waals surface area contributed by atoms with Crippen LogP contribution in [0.1, 0.15) is 110 Å². The van der Waals surface area contributed by atoms with Crippen molar-refractivity contribution in [3.63, 3.8) is 0 Å². The number of anilines is 2. The van der Waals surface area contributed by atoms with Gasteiger partial charge in [0, 0.05) is 0 Å². The molecule has 1 N–H and O–H groups in total. The molecule has 0 saturated carbocycles. The molecular weight excluding hydrogens is 435 g/mol. The molecule has 0 spiro atoms. The van der Waals surface area contributed by atoms with Gasteiger partial charge in [-0.2, -0.15) is 0 Å². The van der Waals surface area contributed by atoms with Crippen LogP contribution in [0.5, 0.6) is 0 Å². The number of rotatable bonds is 17. The van der Waals surface area contributed by atoms with Gasteiger partial charge in [-0.15, -0.1) is 0 Å². The van der Waals surface area contributed by atoms with E-state index in [0.29, 0.717) is 12.1 Å². The Bertz CT molecular complexity index is 700. The molecule has 172 valence electrons. The summed E-state index contributed by atoms with van der Waals surface area (Å²) in [6, 6.07) is 7.11. The number of nitrogens with zero attached hydrogens (tertiary/aromatic N) is 1. The van der Waals surface area contributed by atoms with E-state index in [9.17, 15) is 13.0 Å². The van der Waals surface area contributed by atoms with E-state index in [1.807, 2.05) is 12.1 Å². The second-order valence-electron chi connectivity index (χ2n) is 8.67. The van der Waals surface area contributed by atoms with Crippen LogP contribution in [0.15, 0.2) is 24.3 Å². The molecule has 5 nitrogen and oxygen atoms in total. The fourth-order valence-corrected chi connectivity index (χ4v) is 5.24. The van der Waals surface area contributed by atoms with Gasteiger partial charge in [0.2, 0.25) is 0 Å². The maximum absolute atomic E-state index is 11.7. The fourth-order valence-electron chi connectivity index (χ4n) is 4.37. The van der Waals surface area contributed by atoms with Crippen molar-refractivity contribution in [2.75, 3.05) is 9.62 Å². The number of nitrogens with one attached hydrogen (secondary N) is 1. The van der Waals surface area contributed by atoms with Gasteiger partial charge >= 0.3 is 51.4 Å². The topological polar surface area (TPSA) is 72.5 Å². The van der Waals surface area contributed by atoms with Gasteiger partial charge in [0.15, 0.2) is 10.3 Å². The van der Waals surface area contributed by atoms with Gasteiger partial charge in [-0.1, -0.05) is 109 Å². The molecule has 1 atom stereocenters. The van der Waals surface area contributed by atoms with Crippen LogP contribution in [0.2, 0.25) is 0 Å². The Morgan fingerprint density at radius 1 is 0.806 bits per heavy atom. The molecule has 1 aliphatic heterocycles. The quantitative estimate of drug-likeness (QED) is 0.210. The zero-order chi connectivity index (χ0) is 21.7. The van der Waals surface area contributed by atoms with Crippen molar-refractivity contribution >= 4 is 21.7 Å². The third kappa shape index (κ3) is 11.4. The normalized spacial score (nSPS) is 15.4. The van der Waals surface area contributed by atoms with E-state index in [4.69, 9.17) is 0 Å². The summed E-state index contributed by atoms with van der Waals surface area (Å²) in [7, 11) is -4.51. The summed E-state index contributed by atoms with van der Waals surface area (Å²) in [5.41, 5.74) is 1.20. The second-order valence-corrected chi connectivity index (χ2v) is 9.92. The van der Waals surface area contributed by atoms with Crippen molar-refractivity contribution in [2.45, 2.75) is 116 Å². The molecule has 1 aliphatic rings. The summed E-state index contributed by atoms with van der Waals surface area (Å²) in [6.45, 7) is 2.26. The van der Waals surface area contributed by atoms with E-state index in [2.05, 4.69) is 12.2 Å². The SMILES string of the molecule is CCCCCCCCCCCCCCCCCC1Nc2ccccc2N1S(=O)(=O)[O-].[K+]. The average Bonchev–Trinajstić information content (AvgIpc) is 3.09. The first-order valence-corrected chi connectivity index (χ1v) is 13.5. The van der Waals surface area contributed by atoms with Crippen LogP contribution in [0.4, 0.5) is 11.4 Å². The Hall–Kier alpha value is 0.366. The largest absolute Gasteiger partial charge is 1.00 e. The van der Waals surface area contributed by atoms with Crippen LogP contribution in [0.3, 0.4) is 0 Å². The summed E-state index contributed by atoms with van der Waals surface area (Å²) in [5.74, 6) is 0. The summed E-state index contributed by atoms with van der Waals surface area (Å²) < 4.78 is 36.1. The Morgan fingerprint density at radius 2 is 1.26 bits per heavy atom. The molecule has 1 aromatic carbocycles.